The predicted octanol–water partition coefficient (Wildman–Crippen LogP) is 1.81. The molecule has 28 heavy (non-hydrogen) atoms. The molecule has 148 valence electrons. The number of carbonyl (C=O) groups excluding carboxylic acids is 2. The first kappa shape index (κ1) is 20.6. The van der Waals surface area contributed by atoms with E-state index in [9.17, 15) is 9.59 Å². The maximum Gasteiger partial charge on any atom is 0.329 e. The van der Waals surface area contributed by atoms with Crippen molar-refractivity contribution in [3.05, 3.63) is 42.0 Å². The van der Waals surface area contributed by atoms with E-state index < -0.39 is 11.8 Å². The van der Waals surface area contributed by atoms with Gasteiger partial charge in [-0.2, -0.15) is 5.10 Å². The Morgan fingerprint density at radius 1 is 0.821 bits per heavy atom. The maximum absolute atomic E-state index is 12.0. The fourth-order valence-corrected chi connectivity index (χ4v) is 2.36. The van der Waals surface area contributed by atoms with Crippen molar-refractivity contribution < 1.29 is 28.5 Å². The van der Waals surface area contributed by atoms with Gasteiger partial charge in [-0.3, -0.25) is 9.59 Å². The molecule has 0 aliphatic carbocycles. The van der Waals surface area contributed by atoms with Gasteiger partial charge in [0, 0.05) is 5.56 Å². The lowest BCUT2D eigenvalue weighted by Crippen LogP contribution is -2.32. The fourth-order valence-electron chi connectivity index (χ4n) is 2.36. The summed E-state index contributed by atoms with van der Waals surface area (Å²) in [7, 11) is 5.91. The van der Waals surface area contributed by atoms with Crippen molar-refractivity contribution >= 4 is 23.7 Å². The number of benzene rings is 2. The average molecular weight is 387 g/mol. The number of nitrogens with zero attached hydrogens (tertiary/aromatic N) is 1. The number of ether oxygens (including phenoxy) is 4. The Kier molecular flexibility index (Phi) is 7.21. The Bertz CT molecular complexity index is 882. The van der Waals surface area contributed by atoms with Crippen LogP contribution in [0.5, 0.6) is 23.0 Å². The minimum atomic E-state index is -0.943. The highest BCUT2D eigenvalue weighted by Crippen LogP contribution is 2.38. The number of rotatable bonds is 7. The number of nitrogens with one attached hydrogen (secondary N) is 2. The van der Waals surface area contributed by atoms with E-state index in [1.165, 1.54) is 34.7 Å². The lowest BCUT2D eigenvalue weighted by atomic mass is 10.2. The number of hydrazone groups is 1. The van der Waals surface area contributed by atoms with Crippen molar-refractivity contribution in [2.75, 3.05) is 33.8 Å². The van der Waals surface area contributed by atoms with Crippen LogP contribution < -0.4 is 29.7 Å². The van der Waals surface area contributed by atoms with Gasteiger partial charge in [0.05, 0.1) is 40.3 Å². The SMILES string of the molecule is COc1ccccc1NC(=O)C(=O)N/N=C/c1ccc(OC)c(OC)c1OC. The summed E-state index contributed by atoms with van der Waals surface area (Å²) < 4.78 is 20.9. The summed E-state index contributed by atoms with van der Waals surface area (Å²) >= 11 is 0. The molecular weight excluding hydrogens is 366 g/mol. The van der Waals surface area contributed by atoms with E-state index in [0.717, 1.165) is 0 Å². The number of hydrogen-bond acceptors (Lipinski definition) is 7. The number of anilines is 1. The molecule has 2 aromatic carbocycles. The molecule has 2 N–H and O–H groups in total. The third-order valence-corrected chi connectivity index (χ3v) is 3.67. The zero-order valence-corrected chi connectivity index (χ0v) is 15.9. The molecule has 2 aromatic rings. The first-order valence-corrected chi connectivity index (χ1v) is 8.12. The van der Waals surface area contributed by atoms with Gasteiger partial charge in [-0.05, 0) is 24.3 Å². The third-order valence-electron chi connectivity index (χ3n) is 3.67. The van der Waals surface area contributed by atoms with Crippen molar-refractivity contribution in [3.8, 4) is 23.0 Å². The number of amides is 2. The summed E-state index contributed by atoms with van der Waals surface area (Å²) in [5.41, 5.74) is 3.05. The summed E-state index contributed by atoms with van der Waals surface area (Å²) in [6.45, 7) is 0. The number of carbonyl (C=O) groups is 2. The fraction of sp³-hybridized carbons (Fsp3) is 0.211. The summed E-state index contributed by atoms with van der Waals surface area (Å²) in [5, 5.41) is 6.25. The smallest absolute Gasteiger partial charge is 0.329 e. The Balaban J connectivity index is 2.08. The molecule has 0 atom stereocenters. The first-order chi connectivity index (χ1) is 13.5. The largest absolute Gasteiger partial charge is 0.495 e. The molecule has 0 aliphatic rings. The van der Waals surface area contributed by atoms with E-state index in [1.54, 1.807) is 36.4 Å². The summed E-state index contributed by atoms with van der Waals surface area (Å²) in [6.07, 6.45) is 1.33. The van der Waals surface area contributed by atoms with E-state index in [4.69, 9.17) is 18.9 Å². The van der Waals surface area contributed by atoms with Crippen LogP contribution in [0.4, 0.5) is 5.69 Å². The Labute approximate surface area is 162 Å². The quantitative estimate of drug-likeness (QED) is 0.426. The molecule has 9 nitrogen and oxygen atoms in total. The monoisotopic (exact) mass is 387 g/mol. The van der Waals surface area contributed by atoms with Gasteiger partial charge < -0.3 is 24.3 Å². The second kappa shape index (κ2) is 9.81. The molecule has 0 saturated heterocycles. The molecule has 0 bridgehead atoms. The Morgan fingerprint density at radius 3 is 2.14 bits per heavy atom. The lowest BCUT2D eigenvalue weighted by Gasteiger charge is -2.13. The van der Waals surface area contributed by atoms with Crippen LogP contribution in [0.15, 0.2) is 41.5 Å². The molecular formula is C19H21N3O6. The predicted molar refractivity (Wildman–Crippen MR) is 103 cm³/mol. The lowest BCUT2D eigenvalue weighted by molar-refractivity contribution is -0.136. The highest BCUT2D eigenvalue weighted by molar-refractivity contribution is 6.39. The van der Waals surface area contributed by atoms with Crippen molar-refractivity contribution in [2.45, 2.75) is 0 Å². The molecule has 0 unspecified atom stereocenters. The molecule has 0 fully saturated rings. The molecule has 9 heteroatoms. The minimum Gasteiger partial charge on any atom is -0.495 e. The van der Waals surface area contributed by atoms with Crippen LogP contribution in [0.3, 0.4) is 0 Å². The van der Waals surface area contributed by atoms with Crippen LogP contribution in [-0.2, 0) is 9.59 Å². The maximum atomic E-state index is 12.0. The van der Waals surface area contributed by atoms with Gasteiger partial charge in [-0.1, -0.05) is 12.1 Å². The van der Waals surface area contributed by atoms with Gasteiger partial charge in [0.25, 0.3) is 0 Å². The second-order valence-electron chi connectivity index (χ2n) is 5.28. The van der Waals surface area contributed by atoms with E-state index in [0.29, 0.717) is 34.2 Å². The second-order valence-corrected chi connectivity index (χ2v) is 5.28. The number of methoxy groups -OCH3 is 4. The molecule has 0 aliphatic heterocycles. The minimum absolute atomic E-state index is 0.371. The van der Waals surface area contributed by atoms with Crippen LogP contribution in [0, 0.1) is 0 Å². The van der Waals surface area contributed by atoms with Gasteiger partial charge in [-0.15, -0.1) is 0 Å². The average Bonchev–Trinajstić information content (AvgIpc) is 2.73. The third kappa shape index (κ3) is 4.70. The van der Waals surface area contributed by atoms with Gasteiger partial charge in [-0.25, -0.2) is 5.43 Å². The summed E-state index contributed by atoms with van der Waals surface area (Å²) in [4.78, 5) is 24.0. The molecule has 0 radical (unpaired) electrons. The molecule has 2 amide bonds. The van der Waals surface area contributed by atoms with Crippen LogP contribution >= 0.6 is 0 Å². The molecule has 2 rings (SSSR count). The van der Waals surface area contributed by atoms with Crippen LogP contribution in [0.2, 0.25) is 0 Å². The Morgan fingerprint density at radius 2 is 1.50 bits per heavy atom. The highest BCUT2D eigenvalue weighted by Gasteiger charge is 2.16. The van der Waals surface area contributed by atoms with Crippen molar-refractivity contribution in [3.63, 3.8) is 0 Å². The normalized spacial score (nSPS) is 10.3. The number of para-hydroxylation sites is 2. The van der Waals surface area contributed by atoms with E-state index in [1.807, 2.05) is 0 Å². The van der Waals surface area contributed by atoms with E-state index in [2.05, 4.69) is 15.8 Å². The topological polar surface area (TPSA) is 107 Å². The molecule has 0 aromatic heterocycles. The zero-order chi connectivity index (χ0) is 20.5. The summed E-state index contributed by atoms with van der Waals surface area (Å²) in [5.74, 6) is -0.158. The standard InChI is InChI=1S/C19H21N3O6/c1-25-14-8-6-5-7-13(14)21-18(23)19(24)22-20-11-12-9-10-15(26-2)17(28-4)16(12)27-3/h5-11H,1-4H3,(H,21,23)(H,22,24)/b20-11+. The van der Waals surface area contributed by atoms with Gasteiger partial charge in [0.15, 0.2) is 11.5 Å². The van der Waals surface area contributed by atoms with Crippen LogP contribution in [0.25, 0.3) is 0 Å². The van der Waals surface area contributed by atoms with Gasteiger partial charge in [0.1, 0.15) is 5.75 Å². The molecule has 0 saturated carbocycles. The molecule has 0 heterocycles. The van der Waals surface area contributed by atoms with Crippen molar-refractivity contribution in [1.29, 1.82) is 0 Å². The van der Waals surface area contributed by atoms with Gasteiger partial charge >= 0.3 is 11.8 Å². The van der Waals surface area contributed by atoms with Crippen molar-refractivity contribution in [1.82, 2.24) is 5.43 Å². The van der Waals surface area contributed by atoms with Crippen LogP contribution in [0.1, 0.15) is 5.56 Å². The highest BCUT2D eigenvalue weighted by atomic mass is 16.5. The van der Waals surface area contributed by atoms with E-state index in [-0.39, 0.29) is 0 Å². The first-order valence-electron chi connectivity index (χ1n) is 8.12. The van der Waals surface area contributed by atoms with Gasteiger partial charge in [0.2, 0.25) is 5.75 Å². The van der Waals surface area contributed by atoms with Crippen molar-refractivity contribution in [2.24, 2.45) is 5.10 Å². The zero-order valence-electron chi connectivity index (χ0n) is 15.9. The molecule has 0 spiro atoms. The Hall–Kier alpha value is -3.75. The van der Waals surface area contributed by atoms with Crippen LogP contribution in [-0.4, -0.2) is 46.5 Å². The summed E-state index contributed by atoms with van der Waals surface area (Å²) in [6, 6.07) is 10.1. The number of hydrogen-bond donors (Lipinski definition) is 2. The van der Waals surface area contributed by atoms with E-state index >= 15 is 0 Å².